The number of phenols is 1. The van der Waals surface area contributed by atoms with E-state index in [0.717, 1.165) is 87.2 Å². The topological polar surface area (TPSA) is 205 Å². The first-order valence-electron chi connectivity index (χ1n) is 32.4. The number of hydrogen-bond donors (Lipinski definition) is 5. The fourth-order valence-corrected chi connectivity index (χ4v) is 12.3. The Morgan fingerprint density at radius 1 is 0.448 bits per heavy atom. The lowest BCUT2D eigenvalue weighted by molar-refractivity contribution is 0.0592. The number of esters is 2. The predicted octanol–water partition coefficient (Wildman–Crippen LogP) is 17.7. The van der Waals surface area contributed by atoms with E-state index in [0.29, 0.717) is 55.1 Å². The zero-order chi connectivity index (χ0) is 70.6. The van der Waals surface area contributed by atoms with Gasteiger partial charge in [-0.2, -0.15) is 0 Å². The number of piperidine rings is 2. The Bertz CT molecular complexity index is 3670. The predicted molar refractivity (Wildman–Crippen MR) is 389 cm³/mol. The second-order valence-corrected chi connectivity index (χ2v) is 27.8. The summed E-state index contributed by atoms with van der Waals surface area (Å²) in [6, 6.07) is 60.3. The second kappa shape index (κ2) is 37.6. The fraction of sp³-hybridized carbons (Fsp3) is 0.358. The SMILES string of the molecule is CC1(C)CC(N)CC(C)(C)N1.COC(=O)c1ccc(CBr)cc1.COC(=O)c1ccc(COc2cccc(C)c2)cc1.Cc1cccc(O)c1.Cc1cccc(OCc2ccc(C(=O)CC3CC(C)(C)NC(C)(C)C3)cc2)c1.Cc1cccc(OCc2ccc(C(=O)O)cc2)c1. The summed E-state index contributed by atoms with van der Waals surface area (Å²) in [5, 5.41) is 25.7. The van der Waals surface area contributed by atoms with Gasteiger partial charge in [-0.15, -0.1) is 0 Å². The van der Waals surface area contributed by atoms with E-state index >= 15 is 0 Å². The van der Waals surface area contributed by atoms with Gasteiger partial charge in [-0.05, 0) is 244 Å². The lowest BCUT2D eigenvalue weighted by Gasteiger charge is -2.46. The number of ether oxygens (including phenoxy) is 5. The smallest absolute Gasteiger partial charge is 0.337 e. The van der Waals surface area contributed by atoms with E-state index in [1.807, 2.05) is 148 Å². The largest absolute Gasteiger partial charge is 0.508 e. The van der Waals surface area contributed by atoms with Crippen LogP contribution < -0.4 is 30.6 Å². The molecule has 0 unspecified atom stereocenters. The fourth-order valence-electron chi connectivity index (χ4n) is 11.9. The van der Waals surface area contributed by atoms with Gasteiger partial charge >= 0.3 is 17.9 Å². The molecule has 96 heavy (non-hydrogen) atoms. The minimum Gasteiger partial charge on any atom is -0.508 e. The number of ketones is 1. The van der Waals surface area contributed by atoms with Crippen molar-refractivity contribution in [2.75, 3.05) is 14.2 Å². The number of aromatic carboxylic acids is 1. The number of rotatable bonds is 16. The van der Waals surface area contributed by atoms with Crippen molar-refractivity contribution in [1.29, 1.82) is 0 Å². The zero-order valence-electron chi connectivity index (χ0n) is 58.5. The van der Waals surface area contributed by atoms with Crippen LogP contribution in [0.1, 0.15) is 173 Å². The number of nitrogens with two attached hydrogens (primary N) is 1. The van der Waals surface area contributed by atoms with Crippen LogP contribution in [0.2, 0.25) is 0 Å². The highest BCUT2D eigenvalue weighted by atomic mass is 79.9. The molecule has 0 spiro atoms. The third-order valence-electron chi connectivity index (χ3n) is 15.5. The van der Waals surface area contributed by atoms with Crippen molar-refractivity contribution < 1.29 is 53.1 Å². The molecule has 0 aromatic heterocycles. The van der Waals surface area contributed by atoms with E-state index < -0.39 is 5.97 Å². The van der Waals surface area contributed by atoms with E-state index in [1.165, 1.54) is 25.3 Å². The number of carboxylic acid groups (broad SMARTS) is 1. The van der Waals surface area contributed by atoms with E-state index in [9.17, 15) is 19.2 Å². The summed E-state index contributed by atoms with van der Waals surface area (Å²) in [5.41, 5.74) is 17.5. The first kappa shape index (κ1) is 78.1. The number of alkyl halides is 1. The number of Topliss-reactive ketones (excluding diaryl/α,β-unsaturated/α-hetero) is 1. The van der Waals surface area contributed by atoms with Gasteiger partial charge in [0, 0.05) is 45.5 Å². The Balaban J connectivity index is 0.000000218. The maximum atomic E-state index is 12.8. The number of halogens is 1. The van der Waals surface area contributed by atoms with Crippen molar-refractivity contribution in [2.24, 2.45) is 11.7 Å². The molecule has 2 aliphatic rings. The van der Waals surface area contributed by atoms with Gasteiger partial charge in [0.2, 0.25) is 0 Å². The van der Waals surface area contributed by atoms with E-state index in [2.05, 4.69) is 104 Å². The van der Waals surface area contributed by atoms with Crippen LogP contribution in [0.3, 0.4) is 0 Å². The van der Waals surface area contributed by atoms with Crippen LogP contribution in [0.5, 0.6) is 23.0 Å². The molecular formula is C81H100BrN3O11. The van der Waals surface area contributed by atoms with Crippen LogP contribution in [-0.4, -0.2) is 76.3 Å². The molecule has 0 bridgehead atoms. The maximum absolute atomic E-state index is 12.8. The number of methoxy groups -OCH3 is 2. The average molecular weight is 1370 g/mol. The number of benzene rings is 8. The molecule has 2 fully saturated rings. The van der Waals surface area contributed by atoms with Crippen LogP contribution in [0.15, 0.2) is 194 Å². The molecule has 8 aromatic rings. The molecule has 14 nitrogen and oxygen atoms in total. The Hall–Kier alpha value is -8.60. The highest BCUT2D eigenvalue weighted by Crippen LogP contribution is 2.35. The summed E-state index contributed by atoms with van der Waals surface area (Å²) in [7, 11) is 2.75. The summed E-state index contributed by atoms with van der Waals surface area (Å²) in [5.74, 6) is 1.99. The van der Waals surface area contributed by atoms with Crippen molar-refractivity contribution in [1.82, 2.24) is 10.6 Å². The molecule has 6 N–H and O–H groups in total. The molecule has 512 valence electrons. The molecule has 8 aromatic carbocycles. The summed E-state index contributed by atoms with van der Waals surface area (Å²) < 4.78 is 26.4. The third kappa shape index (κ3) is 29.2. The Kier molecular flexibility index (Phi) is 30.6. The number of aryl methyl sites for hydroxylation is 4. The second-order valence-electron chi connectivity index (χ2n) is 27.2. The third-order valence-corrected chi connectivity index (χ3v) is 16.2. The molecule has 15 heteroatoms. The number of carbonyl (C=O) groups excluding carboxylic acids is 3. The molecule has 2 heterocycles. The minimum atomic E-state index is -0.916. The van der Waals surface area contributed by atoms with Crippen molar-refractivity contribution in [3.05, 3.63) is 261 Å². The summed E-state index contributed by atoms with van der Waals surface area (Å²) in [6.07, 6.45) is 4.84. The first-order chi connectivity index (χ1) is 45.3. The molecule has 0 aliphatic carbocycles. The summed E-state index contributed by atoms with van der Waals surface area (Å²) >= 11 is 3.32. The van der Waals surface area contributed by atoms with Gasteiger partial charge in [-0.25, -0.2) is 14.4 Å². The molecule has 0 amide bonds. The van der Waals surface area contributed by atoms with Gasteiger partial charge in [0.1, 0.15) is 42.8 Å². The Morgan fingerprint density at radius 3 is 1.05 bits per heavy atom. The van der Waals surface area contributed by atoms with Gasteiger partial charge < -0.3 is 50.3 Å². The quantitative estimate of drug-likeness (QED) is 0.0347. The van der Waals surface area contributed by atoms with E-state index in [1.54, 1.807) is 60.7 Å². The summed E-state index contributed by atoms with van der Waals surface area (Å²) in [6.45, 7) is 27.2. The maximum Gasteiger partial charge on any atom is 0.337 e. The molecule has 0 atom stereocenters. The molecule has 10 rings (SSSR count). The van der Waals surface area contributed by atoms with E-state index in [4.69, 9.17) is 30.2 Å². The van der Waals surface area contributed by atoms with Crippen molar-refractivity contribution in [2.45, 2.75) is 169 Å². The van der Waals surface area contributed by atoms with Crippen molar-refractivity contribution in [3.8, 4) is 23.0 Å². The van der Waals surface area contributed by atoms with Crippen LogP contribution in [0.25, 0.3) is 0 Å². The van der Waals surface area contributed by atoms with Crippen molar-refractivity contribution in [3.63, 3.8) is 0 Å². The Morgan fingerprint density at radius 2 is 0.760 bits per heavy atom. The number of carboxylic acids is 1. The number of carbonyl (C=O) groups is 4. The highest BCUT2D eigenvalue weighted by Gasteiger charge is 2.38. The number of aromatic hydroxyl groups is 1. The number of hydrogen-bond acceptors (Lipinski definition) is 13. The molecule has 0 radical (unpaired) electrons. The van der Waals surface area contributed by atoms with Crippen LogP contribution in [0.4, 0.5) is 0 Å². The first-order valence-corrected chi connectivity index (χ1v) is 33.5. The van der Waals surface area contributed by atoms with Gasteiger partial charge in [0.15, 0.2) is 5.78 Å². The minimum absolute atomic E-state index is 0.0731. The van der Waals surface area contributed by atoms with Crippen LogP contribution in [0, 0.1) is 33.6 Å². The van der Waals surface area contributed by atoms with Crippen LogP contribution in [-0.2, 0) is 34.6 Å². The summed E-state index contributed by atoms with van der Waals surface area (Å²) in [4.78, 5) is 45.8. The molecule has 2 saturated heterocycles. The van der Waals surface area contributed by atoms with Gasteiger partial charge in [0.25, 0.3) is 0 Å². The highest BCUT2D eigenvalue weighted by molar-refractivity contribution is 9.08. The molecule has 2 aliphatic heterocycles. The van der Waals surface area contributed by atoms with Gasteiger partial charge in [-0.1, -0.05) is 125 Å². The Labute approximate surface area is 578 Å². The van der Waals surface area contributed by atoms with Gasteiger partial charge in [-0.3, -0.25) is 4.79 Å². The molecular weight excluding hydrogens is 1270 g/mol. The molecule has 0 saturated carbocycles. The van der Waals surface area contributed by atoms with Gasteiger partial charge in [0.05, 0.1) is 30.9 Å². The number of nitrogens with one attached hydrogen (secondary N) is 2. The number of phenolic OH excluding ortho intramolecular Hbond substituents is 1. The normalized spacial score (nSPS) is 14.7. The monoisotopic (exact) mass is 1370 g/mol. The average Bonchev–Trinajstić information content (AvgIpc) is 0.812. The zero-order valence-corrected chi connectivity index (χ0v) is 60.1. The van der Waals surface area contributed by atoms with Crippen LogP contribution >= 0.6 is 15.9 Å². The lowest BCUT2D eigenvalue weighted by Crippen LogP contribution is -2.60. The lowest BCUT2D eigenvalue weighted by atomic mass is 9.74. The standard InChI is InChI=1S/C25H33NO2.C16H16O3.C15H14O3.C9H9BrO2.C9H20N2.C7H8O/c1-18-7-6-8-22(13-18)28-17-19-9-11-21(12-10-19)23(27)14-20-15-24(2,3)26-25(4,5)16-20;1-12-4-3-5-15(10-12)19-11-13-6-8-14(9-7-13)16(17)18-2;1-11-3-2-4-14(9-11)18-10-12-5-7-13(8-6-12)15(16)17;1-12-9(11)8-4-2-7(6-10)3-5-8;1-8(2)5-7(10)6-9(3,4)11-8;1-6-3-2-4-7(8)5-6/h6-13,20,26H,14-17H2,1-5H3;3-10H,11H2,1-2H3;2-9H,10H2,1H3,(H,16,17);2-5H,6H2,1H3;7,11H,5-6,10H2,1-4H3;2-5,8H,1H3. The van der Waals surface area contributed by atoms with E-state index in [-0.39, 0.29) is 45.4 Å². The van der Waals surface area contributed by atoms with Crippen molar-refractivity contribution >= 4 is 39.6 Å².